The number of rotatable bonds is 4. The molecule has 0 radical (unpaired) electrons. The molecule has 16 heavy (non-hydrogen) atoms. The van der Waals surface area contributed by atoms with Crippen LogP contribution in [0.5, 0.6) is 0 Å². The number of ketones is 1. The van der Waals surface area contributed by atoms with Gasteiger partial charge in [0.1, 0.15) is 0 Å². The first-order valence-electron chi connectivity index (χ1n) is 5.38. The Bertz CT molecular complexity index is 397. The van der Waals surface area contributed by atoms with Gasteiger partial charge in [0.15, 0.2) is 5.78 Å². The molecule has 1 aliphatic rings. The van der Waals surface area contributed by atoms with Crippen LogP contribution in [0.25, 0.3) is 0 Å². The molecule has 2 atom stereocenters. The van der Waals surface area contributed by atoms with Crippen LogP contribution >= 0.6 is 0 Å². The van der Waals surface area contributed by atoms with E-state index in [0.717, 1.165) is 12.0 Å². The predicted octanol–water partition coefficient (Wildman–Crippen LogP) is 2.07. The van der Waals surface area contributed by atoms with Gasteiger partial charge in [-0.05, 0) is 12.3 Å². The maximum atomic E-state index is 11.8. The highest BCUT2D eigenvalue weighted by Gasteiger charge is 2.44. The summed E-state index contributed by atoms with van der Waals surface area (Å²) in [5, 5.41) is 0. The van der Waals surface area contributed by atoms with Gasteiger partial charge in [0.05, 0.1) is 13.0 Å². The first-order valence-corrected chi connectivity index (χ1v) is 5.38. The number of hydrogen-bond acceptors (Lipinski definition) is 3. The second-order valence-electron chi connectivity index (χ2n) is 4.12. The maximum Gasteiger partial charge on any atom is 0.308 e. The summed E-state index contributed by atoms with van der Waals surface area (Å²) in [7, 11) is 1.39. The molecule has 0 aromatic heterocycles. The fourth-order valence-corrected chi connectivity index (χ4v) is 1.89. The SMILES string of the molecule is COC(=O)[C@H]1C[C@@H]1CC(=O)c1ccccc1. The summed E-state index contributed by atoms with van der Waals surface area (Å²) in [6, 6.07) is 9.18. The molecule has 0 heterocycles. The Morgan fingerprint density at radius 1 is 1.31 bits per heavy atom. The van der Waals surface area contributed by atoms with E-state index in [9.17, 15) is 9.59 Å². The Morgan fingerprint density at radius 2 is 2.00 bits per heavy atom. The van der Waals surface area contributed by atoms with Crippen LogP contribution in [0.1, 0.15) is 23.2 Å². The molecule has 3 heteroatoms. The van der Waals surface area contributed by atoms with Crippen LogP contribution in [0, 0.1) is 11.8 Å². The van der Waals surface area contributed by atoms with Crippen molar-refractivity contribution in [3.8, 4) is 0 Å². The molecule has 0 saturated heterocycles. The highest BCUT2D eigenvalue weighted by molar-refractivity contribution is 5.96. The zero-order valence-electron chi connectivity index (χ0n) is 9.18. The number of benzene rings is 1. The van der Waals surface area contributed by atoms with Crippen LogP contribution in [-0.4, -0.2) is 18.9 Å². The molecule has 3 nitrogen and oxygen atoms in total. The maximum absolute atomic E-state index is 11.8. The minimum absolute atomic E-state index is 0.0577. The van der Waals surface area contributed by atoms with E-state index in [4.69, 9.17) is 0 Å². The van der Waals surface area contributed by atoms with Crippen LogP contribution in [0.15, 0.2) is 30.3 Å². The summed E-state index contributed by atoms with van der Waals surface area (Å²) < 4.78 is 4.64. The van der Waals surface area contributed by atoms with Crippen molar-refractivity contribution in [1.29, 1.82) is 0 Å². The van der Waals surface area contributed by atoms with Crippen molar-refractivity contribution in [2.24, 2.45) is 11.8 Å². The Balaban J connectivity index is 1.89. The number of hydrogen-bond donors (Lipinski definition) is 0. The molecule has 84 valence electrons. The molecular weight excluding hydrogens is 204 g/mol. The van der Waals surface area contributed by atoms with E-state index in [2.05, 4.69) is 4.74 Å². The minimum atomic E-state index is -0.189. The molecule has 0 aliphatic heterocycles. The van der Waals surface area contributed by atoms with Crippen LogP contribution in [-0.2, 0) is 9.53 Å². The fourth-order valence-electron chi connectivity index (χ4n) is 1.89. The summed E-state index contributed by atoms with van der Waals surface area (Å²) >= 11 is 0. The molecule has 0 N–H and O–H groups in total. The van der Waals surface area contributed by atoms with E-state index in [-0.39, 0.29) is 23.6 Å². The van der Waals surface area contributed by atoms with Gasteiger partial charge in [-0.2, -0.15) is 0 Å². The van der Waals surface area contributed by atoms with E-state index >= 15 is 0 Å². The highest BCUT2D eigenvalue weighted by atomic mass is 16.5. The zero-order valence-corrected chi connectivity index (χ0v) is 9.18. The summed E-state index contributed by atoms with van der Waals surface area (Å²) in [5.74, 6) is 0.0423. The van der Waals surface area contributed by atoms with Gasteiger partial charge >= 0.3 is 5.97 Å². The molecule has 0 spiro atoms. The topological polar surface area (TPSA) is 43.4 Å². The van der Waals surface area contributed by atoms with Crippen molar-refractivity contribution < 1.29 is 14.3 Å². The van der Waals surface area contributed by atoms with Crippen LogP contribution in [0.2, 0.25) is 0 Å². The quantitative estimate of drug-likeness (QED) is 0.574. The van der Waals surface area contributed by atoms with Crippen molar-refractivity contribution >= 4 is 11.8 Å². The minimum Gasteiger partial charge on any atom is -0.469 e. The van der Waals surface area contributed by atoms with Gasteiger partial charge in [-0.15, -0.1) is 0 Å². The fraction of sp³-hybridized carbons (Fsp3) is 0.385. The van der Waals surface area contributed by atoms with Crippen molar-refractivity contribution in [2.45, 2.75) is 12.8 Å². The number of ether oxygens (including phenoxy) is 1. The zero-order chi connectivity index (χ0) is 11.5. The van der Waals surface area contributed by atoms with E-state index in [1.54, 1.807) is 12.1 Å². The summed E-state index contributed by atoms with van der Waals surface area (Å²) in [5.41, 5.74) is 0.720. The number of carbonyl (C=O) groups is 2. The number of esters is 1. The lowest BCUT2D eigenvalue weighted by Crippen LogP contribution is -2.07. The molecule has 1 aliphatic carbocycles. The lowest BCUT2D eigenvalue weighted by molar-refractivity contribution is -0.142. The van der Waals surface area contributed by atoms with Crippen LogP contribution in [0.3, 0.4) is 0 Å². The number of methoxy groups -OCH3 is 1. The molecule has 1 fully saturated rings. The van der Waals surface area contributed by atoms with Gasteiger partial charge < -0.3 is 4.74 Å². The lowest BCUT2D eigenvalue weighted by atomic mass is 10.1. The molecular formula is C13H14O3. The van der Waals surface area contributed by atoms with E-state index in [1.165, 1.54) is 7.11 Å². The highest BCUT2D eigenvalue weighted by Crippen LogP contribution is 2.42. The van der Waals surface area contributed by atoms with Gasteiger partial charge in [0, 0.05) is 12.0 Å². The van der Waals surface area contributed by atoms with Crippen LogP contribution in [0.4, 0.5) is 0 Å². The van der Waals surface area contributed by atoms with E-state index in [0.29, 0.717) is 6.42 Å². The average Bonchev–Trinajstić information content (AvgIpc) is 3.08. The third kappa shape index (κ3) is 2.30. The van der Waals surface area contributed by atoms with Crippen LogP contribution < -0.4 is 0 Å². The molecule has 0 unspecified atom stereocenters. The second-order valence-corrected chi connectivity index (χ2v) is 4.12. The van der Waals surface area contributed by atoms with Crippen molar-refractivity contribution in [2.75, 3.05) is 7.11 Å². The average molecular weight is 218 g/mol. The predicted molar refractivity (Wildman–Crippen MR) is 59.0 cm³/mol. The molecule has 1 saturated carbocycles. The smallest absolute Gasteiger partial charge is 0.308 e. The van der Waals surface area contributed by atoms with Gasteiger partial charge in [-0.1, -0.05) is 30.3 Å². The standard InChI is InChI=1S/C13H14O3/c1-16-13(15)11-7-10(11)8-12(14)9-5-3-2-4-6-9/h2-6,10-11H,7-8H2,1H3/t10-,11+/m1/s1. The third-order valence-corrected chi connectivity index (χ3v) is 2.97. The molecule has 0 bridgehead atoms. The Kier molecular flexibility index (Phi) is 3.04. The summed E-state index contributed by atoms with van der Waals surface area (Å²) in [4.78, 5) is 23.0. The Morgan fingerprint density at radius 3 is 2.62 bits per heavy atom. The second kappa shape index (κ2) is 4.47. The Hall–Kier alpha value is -1.64. The van der Waals surface area contributed by atoms with Crippen molar-refractivity contribution in [1.82, 2.24) is 0 Å². The largest absolute Gasteiger partial charge is 0.469 e. The van der Waals surface area contributed by atoms with Crippen molar-refractivity contribution in [3.63, 3.8) is 0 Å². The van der Waals surface area contributed by atoms with E-state index < -0.39 is 0 Å². The first-order chi connectivity index (χ1) is 7.72. The molecule has 1 aromatic rings. The van der Waals surface area contributed by atoms with Gasteiger partial charge in [-0.25, -0.2) is 0 Å². The lowest BCUT2D eigenvalue weighted by Gasteiger charge is -2.00. The van der Waals surface area contributed by atoms with Gasteiger partial charge in [-0.3, -0.25) is 9.59 Å². The molecule has 0 amide bonds. The van der Waals surface area contributed by atoms with E-state index in [1.807, 2.05) is 18.2 Å². The molecule has 1 aromatic carbocycles. The summed E-state index contributed by atoms with van der Waals surface area (Å²) in [6.07, 6.45) is 1.23. The normalized spacial score (nSPS) is 22.6. The number of Topliss-reactive ketones (excluding diaryl/α,β-unsaturated/α-hetero) is 1. The third-order valence-electron chi connectivity index (χ3n) is 2.97. The number of carbonyl (C=O) groups excluding carboxylic acids is 2. The first kappa shape index (κ1) is 10.9. The van der Waals surface area contributed by atoms with Gasteiger partial charge in [0.25, 0.3) is 0 Å². The van der Waals surface area contributed by atoms with Gasteiger partial charge in [0.2, 0.25) is 0 Å². The monoisotopic (exact) mass is 218 g/mol. The summed E-state index contributed by atoms with van der Waals surface area (Å²) in [6.45, 7) is 0. The van der Waals surface area contributed by atoms with Crippen molar-refractivity contribution in [3.05, 3.63) is 35.9 Å². The Labute approximate surface area is 94.4 Å². The molecule has 2 rings (SSSR count).